The largest absolute Gasteiger partial charge is 0.494 e. The van der Waals surface area contributed by atoms with E-state index in [1.807, 2.05) is 67.7 Å². The number of primary amides is 1. The van der Waals surface area contributed by atoms with Crippen molar-refractivity contribution in [2.75, 3.05) is 18.5 Å². The van der Waals surface area contributed by atoms with Crippen molar-refractivity contribution in [3.8, 4) is 22.6 Å². The number of carboxylic acid groups (broad SMARTS) is 1. The Hall–Kier alpha value is -5.94. The van der Waals surface area contributed by atoms with Gasteiger partial charge in [0.1, 0.15) is 22.7 Å². The molecule has 2 aromatic heterocycles. The molecule has 3 aromatic carbocycles. The van der Waals surface area contributed by atoms with Crippen LogP contribution in [0.2, 0.25) is 5.02 Å². The second kappa shape index (κ2) is 19.7. The lowest BCUT2D eigenvalue weighted by molar-refractivity contribution is -0.144. The summed E-state index contributed by atoms with van der Waals surface area (Å²) >= 11 is 6.32. The Morgan fingerprint density at radius 2 is 1.75 bits per heavy atom. The lowest BCUT2D eigenvalue weighted by atomic mass is 9.59. The van der Waals surface area contributed by atoms with Gasteiger partial charge in [0, 0.05) is 46.3 Å². The van der Waals surface area contributed by atoms with Crippen LogP contribution in [0.3, 0.4) is 0 Å². The third kappa shape index (κ3) is 10.2. The maximum Gasteiger partial charge on any atom is 0.329 e. The number of nitrogens with one attached hydrogen (secondary N) is 2. The van der Waals surface area contributed by atoms with E-state index in [-0.39, 0.29) is 29.0 Å². The molecule has 5 N–H and O–H groups in total. The SMILES string of the molecule is C[C@@H](COc1ccnc2c1[C@H](C)CCC2)CC1Cc2ccc(OCCCC(=O)N[C@@H](C)c3cccc(-c4ccc(C(N)=O)nc4)c3)cc2C12CCC(Nc1cccc(Cl)c1)(C(=O)O)CC2. The molecular weight excluding hydrogens is 838 g/mol. The number of anilines is 1. The van der Waals surface area contributed by atoms with Crippen LogP contribution in [-0.2, 0) is 27.8 Å². The summed E-state index contributed by atoms with van der Waals surface area (Å²) in [4.78, 5) is 46.5. The zero-order valence-corrected chi connectivity index (χ0v) is 38.3. The maximum absolute atomic E-state index is 13.1. The summed E-state index contributed by atoms with van der Waals surface area (Å²) in [5.41, 5.74) is 12.6. The topological polar surface area (TPSA) is 166 Å². The summed E-state index contributed by atoms with van der Waals surface area (Å²) in [6.07, 6.45) is 11.8. The van der Waals surface area contributed by atoms with Gasteiger partial charge in [-0.2, -0.15) is 0 Å². The van der Waals surface area contributed by atoms with Crippen LogP contribution in [0.5, 0.6) is 11.5 Å². The molecule has 0 radical (unpaired) electrons. The van der Waals surface area contributed by atoms with Crippen LogP contribution in [0.15, 0.2) is 97.3 Å². The molecule has 2 heterocycles. The number of halogens is 1. The summed E-state index contributed by atoms with van der Waals surface area (Å²) in [5.74, 6) is 1.20. The summed E-state index contributed by atoms with van der Waals surface area (Å²) < 4.78 is 13.0. The molecule has 0 saturated heterocycles. The Bertz CT molecular complexity index is 2520. The van der Waals surface area contributed by atoms with Crippen molar-refractivity contribution >= 4 is 35.1 Å². The van der Waals surface area contributed by atoms with E-state index in [4.69, 9.17) is 26.8 Å². The highest BCUT2D eigenvalue weighted by Gasteiger charge is 2.54. The predicted molar refractivity (Wildman–Crippen MR) is 254 cm³/mol. The Morgan fingerprint density at radius 3 is 2.51 bits per heavy atom. The van der Waals surface area contributed by atoms with Crippen LogP contribution in [0.25, 0.3) is 11.1 Å². The molecule has 1 spiro atoms. The second-order valence-electron chi connectivity index (χ2n) is 18.7. The van der Waals surface area contributed by atoms with Crippen LogP contribution < -0.4 is 25.8 Å². The van der Waals surface area contributed by atoms with Gasteiger partial charge in [0.2, 0.25) is 5.91 Å². The molecule has 12 heteroatoms. The molecular formula is C53H60ClN5O6. The van der Waals surface area contributed by atoms with Gasteiger partial charge in [-0.3, -0.25) is 19.6 Å². The lowest BCUT2D eigenvalue weighted by Gasteiger charge is -2.47. The number of carbonyl (C=O) groups excluding carboxylic acids is 2. The number of hydrogen-bond donors (Lipinski definition) is 4. The fourth-order valence-electron chi connectivity index (χ4n) is 10.7. The molecule has 0 bridgehead atoms. The van der Waals surface area contributed by atoms with Gasteiger partial charge in [-0.05, 0) is 165 Å². The highest BCUT2D eigenvalue weighted by Crippen LogP contribution is 2.57. The first-order valence-corrected chi connectivity index (χ1v) is 23.5. The quantitative estimate of drug-likeness (QED) is 0.0665. The number of rotatable bonds is 17. The number of fused-ring (bicyclic) bond motifs is 3. The number of carboxylic acids is 1. The Kier molecular flexibility index (Phi) is 13.8. The van der Waals surface area contributed by atoms with Gasteiger partial charge in [-0.25, -0.2) is 4.79 Å². The number of aryl methyl sites for hydroxylation is 1. The highest BCUT2D eigenvalue weighted by atomic mass is 35.5. The monoisotopic (exact) mass is 897 g/mol. The average Bonchev–Trinajstić information content (AvgIpc) is 3.58. The number of benzene rings is 3. The third-order valence-corrected chi connectivity index (χ3v) is 14.4. The van der Waals surface area contributed by atoms with E-state index in [0.29, 0.717) is 74.3 Å². The Morgan fingerprint density at radius 1 is 0.938 bits per heavy atom. The van der Waals surface area contributed by atoms with Crippen LogP contribution in [0.4, 0.5) is 5.69 Å². The molecule has 3 aliphatic rings. The molecule has 1 saturated carbocycles. The standard InChI is InChI=1S/C53H60ClN5O6/c1-33(32-65-47-19-24-56-45-13-4-8-34(2)49(45)47)26-40-28-38-15-17-43(30-44(38)52(40)20-22-53(23-21-52,51(62)63)59-42-12-6-11-41(54)29-42)64-25-7-14-48(60)58-35(3)36-9-5-10-37(27-36)39-16-18-46(50(55)61)57-31-39/h5-6,9-12,15-19,24,27,29-31,33-35,40,59H,4,7-8,13-14,20-23,25-26,28,32H2,1-3H3,(H2,55,61)(H,58,60)(H,62,63)/t33-,34-,35+,40?,52?,53?/m1/s1. The highest BCUT2D eigenvalue weighted by molar-refractivity contribution is 6.30. The van der Waals surface area contributed by atoms with Crippen molar-refractivity contribution in [3.63, 3.8) is 0 Å². The molecule has 0 aliphatic heterocycles. The minimum absolute atomic E-state index is 0.0679. The number of aliphatic carboxylic acids is 1. The smallest absolute Gasteiger partial charge is 0.329 e. The molecule has 3 aliphatic carbocycles. The number of carbonyl (C=O) groups is 3. The van der Waals surface area contributed by atoms with Gasteiger partial charge in [-0.15, -0.1) is 0 Å². The van der Waals surface area contributed by atoms with E-state index in [9.17, 15) is 19.5 Å². The number of nitrogens with zero attached hydrogens (tertiary/aromatic N) is 2. The zero-order chi connectivity index (χ0) is 45.7. The van der Waals surface area contributed by atoms with Gasteiger partial charge in [0.05, 0.1) is 19.3 Å². The molecule has 1 fully saturated rings. The van der Waals surface area contributed by atoms with Gasteiger partial charge >= 0.3 is 5.97 Å². The normalized spacial score (nSPS) is 22.0. The van der Waals surface area contributed by atoms with E-state index in [1.165, 1.54) is 16.7 Å². The van der Waals surface area contributed by atoms with Gasteiger partial charge in [-0.1, -0.05) is 61.8 Å². The fourth-order valence-corrected chi connectivity index (χ4v) is 10.9. The van der Waals surface area contributed by atoms with E-state index >= 15 is 0 Å². The number of amides is 2. The van der Waals surface area contributed by atoms with Crippen molar-refractivity contribution in [1.82, 2.24) is 15.3 Å². The van der Waals surface area contributed by atoms with Crippen LogP contribution in [0, 0.1) is 11.8 Å². The van der Waals surface area contributed by atoms with Gasteiger partial charge in [0.25, 0.3) is 5.91 Å². The molecule has 2 amide bonds. The van der Waals surface area contributed by atoms with Crippen LogP contribution in [0.1, 0.15) is 129 Å². The maximum atomic E-state index is 13.1. The Labute approximate surface area is 386 Å². The van der Waals surface area contributed by atoms with Gasteiger partial charge < -0.3 is 30.9 Å². The van der Waals surface area contributed by atoms with Crippen LogP contribution in [-0.4, -0.2) is 51.6 Å². The molecule has 5 aromatic rings. The lowest BCUT2D eigenvalue weighted by Crippen LogP contribution is -2.53. The van der Waals surface area contributed by atoms with E-state index in [0.717, 1.165) is 66.0 Å². The fraction of sp³-hybridized carbons (Fsp3) is 0.415. The number of hydrogen-bond acceptors (Lipinski definition) is 8. The number of aromatic nitrogens is 2. The second-order valence-corrected chi connectivity index (χ2v) is 19.1. The molecule has 8 rings (SSSR count). The van der Waals surface area contributed by atoms with E-state index in [2.05, 4.69) is 46.6 Å². The average molecular weight is 899 g/mol. The zero-order valence-electron chi connectivity index (χ0n) is 37.6. The number of nitrogens with two attached hydrogens (primary N) is 1. The number of ether oxygens (including phenoxy) is 2. The molecule has 340 valence electrons. The number of pyridine rings is 2. The minimum atomic E-state index is -1.12. The Balaban J connectivity index is 0.925. The van der Waals surface area contributed by atoms with Crippen molar-refractivity contribution < 1.29 is 29.0 Å². The predicted octanol–water partition coefficient (Wildman–Crippen LogP) is 10.4. The van der Waals surface area contributed by atoms with Crippen molar-refractivity contribution in [2.24, 2.45) is 17.6 Å². The summed E-state index contributed by atoms with van der Waals surface area (Å²) in [6.45, 7) is 7.47. The molecule has 11 nitrogen and oxygen atoms in total. The molecule has 1 unspecified atom stereocenters. The van der Waals surface area contributed by atoms with E-state index < -0.39 is 17.4 Å². The first kappa shape index (κ1) is 45.6. The summed E-state index contributed by atoms with van der Waals surface area (Å²) in [7, 11) is 0. The molecule has 4 atom stereocenters. The van der Waals surface area contributed by atoms with Crippen molar-refractivity contribution in [2.45, 2.75) is 114 Å². The summed E-state index contributed by atoms with van der Waals surface area (Å²) in [5, 5.41) is 17.8. The first-order chi connectivity index (χ1) is 31.3. The first-order valence-electron chi connectivity index (χ1n) is 23.1. The van der Waals surface area contributed by atoms with E-state index in [1.54, 1.807) is 24.4 Å². The minimum Gasteiger partial charge on any atom is -0.494 e. The van der Waals surface area contributed by atoms with Gasteiger partial charge in [0.15, 0.2) is 0 Å². The third-order valence-electron chi connectivity index (χ3n) is 14.2. The van der Waals surface area contributed by atoms with Crippen LogP contribution >= 0.6 is 11.6 Å². The van der Waals surface area contributed by atoms with Crippen molar-refractivity contribution in [1.29, 1.82) is 0 Å². The van der Waals surface area contributed by atoms with Crippen molar-refractivity contribution in [3.05, 3.63) is 136 Å². The summed E-state index contributed by atoms with van der Waals surface area (Å²) in [6, 6.07) is 26.8. The molecule has 65 heavy (non-hydrogen) atoms.